The minimum Gasteiger partial charge on any atom is -0.293 e. The highest BCUT2D eigenvalue weighted by Crippen LogP contribution is 2.20. The van der Waals surface area contributed by atoms with Crippen molar-refractivity contribution in [3.8, 4) is 0 Å². The van der Waals surface area contributed by atoms with Crippen molar-refractivity contribution < 1.29 is 8.42 Å². The molecule has 7 nitrogen and oxygen atoms in total. The highest BCUT2D eigenvalue weighted by Gasteiger charge is 2.26. The molecule has 0 radical (unpaired) electrons. The van der Waals surface area contributed by atoms with Gasteiger partial charge in [0, 0.05) is 31.2 Å². The molecular formula is C13H19N5O2S. The number of aromatic nitrogens is 3. The van der Waals surface area contributed by atoms with Gasteiger partial charge in [-0.1, -0.05) is 6.42 Å². The Kier molecular flexibility index (Phi) is 3.92. The lowest BCUT2D eigenvalue weighted by Gasteiger charge is -2.34. The molecule has 1 aliphatic heterocycles. The summed E-state index contributed by atoms with van der Waals surface area (Å²) in [5.41, 5.74) is 0.898. The van der Waals surface area contributed by atoms with E-state index in [1.54, 1.807) is 6.20 Å². The predicted octanol–water partition coefficient (Wildman–Crippen LogP) is 0.372. The van der Waals surface area contributed by atoms with E-state index in [9.17, 15) is 8.42 Å². The van der Waals surface area contributed by atoms with Crippen LogP contribution < -0.4 is 5.14 Å². The van der Waals surface area contributed by atoms with Gasteiger partial charge >= 0.3 is 0 Å². The van der Waals surface area contributed by atoms with Crippen LogP contribution in [0, 0.1) is 0 Å². The fraction of sp³-hybridized carbons (Fsp3) is 0.538. The third kappa shape index (κ3) is 3.58. The summed E-state index contributed by atoms with van der Waals surface area (Å²) in [7, 11) is -3.45. The first-order chi connectivity index (χ1) is 10.0. The van der Waals surface area contributed by atoms with Crippen LogP contribution in [0.4, 0.5) is 0 Å². The van der Waals surface area contributed by atoms with E-state index >= 15 is 0 Å². The zero-order chi connectivity index (χ0) is 14.9. The molecule has 1 fully saturated rings. The number of hydrogen-bond donors (Lipinski definition) is 1. The highest BCUT2D eigenvalue weighted by molar-refractivity contribution is 7.89. The SMILES string of the molecule is NS(=O)(=O)CC1CCCCN1Cc1cn2cccnc2n1. The maximum Gasteiger partial charge on any atom is 0.233 e. The molecule has 2 N–H and O–H groups in total. The van der Waals surface area contributed by atoms with Crippen molar-refractivity contribution in [2.75, 3.05) is 12.3 Å². The van der Waals surface area contributed by atoms with Crippen molar-refractivity contribution in [1.82, 2.24) is 19.3 Å². The van der Waals surface area contributed by atoms with Gasteiger partial charge in [-0.25, -0.2) is 23.5 Å². The lowest BCUT2D eigenvalue weighted by Crippen LogP contribution is -2.44. The molecule has 0 bridgehead atoms. The molecule has 0 aliphatic carbocycles. The number of likely N-dealkylation sites (tertiary alicyclic amines) is 1. The van der Waals surface area contributed by atoms with E-state index in [1.165, 1.54) is 0 Å². The van der Waals surface area contributed by atoms with Crippen LogP contribution in [0.5, 0.6) is 0 Å². The van der Waals surface area contributed by atoms with Gasteiger partial charge in [-0.2, -0.15) is 0 Å². The zero-order valence-corrected chi connectivity index (χ0v) is 12.5. The number of fused-ring (bicyclic) bond motifs is 1. The summed E-state index contributed by atoms with van der Waals surface area (Å²) in [6.45, 7) is 1.50. The standard InChI is InChI=1S/C13H19N5O2S/c14-21(19,20)10-12-4-1-2-6-17(12)8-11-9-18-7-3-5-15-13(18)16-11/h3,5,7,9,12H,1-2,4,6,8,10H2,(H2,14,19,20). The molecule has 8 heteroatoms. The minimum atomic E-state index is -3.45. The molecule has 3 rings (SSSR count). The Bertz CT molecular complexity index is 694. The third-order valence-corrected chi connectivity index (χ3v) is 4.67. The molecule has 2 aromatic rings. The van der Waals surface area contributed by atoms with E-state index in [0.29, 0.717) is 12.3 Å². The average molecular weight is 309 g/mol. The molecule has 3 heterocycles. The second-order valence-corrected chi connectivity index (χ2v) is 7.17. The number of primary sulfonamides is 1. The molecule has 114 valence electrons. The number of imidazole rings is 1. The average Bonchev–Trinajstić information content (AvgIpc) is 2.81. The minimum absolute atomic E-state index is 0.0125. The largest absolute Gasteiger partial charge is 0.293 e. The number of sulfonamides is 1. The fourth-order valence-corrected chi connectivity index (χ4v) is 3.80. The summed E-state index contributed by atoms with van der Waals surface area (Å²) in [6, 6.07) is 1.83. The lowest BCUT2D eigenvalue weighted by atomic mass is 10.0. The van der Waals surface area contributed by atoms with Gasteiger partial charge in [0.1, 0.15) is 0 Å². The van der Waals surface area contributed by atoms with Crippen LogP contribution in [-0.4, -0.2) is 46.0 Å². The maximum atomic E-state index is 11.4. The predicted molar refractivity (Wildman–Crippen MR) is 79.0 cm³/mol. The number of rotatable bonds is 4. The van der Waals surface area contributed by atoms with Crippen LogP contribution in [0.25, 0.3) is 5.78 Å². The van der Waals surface area contributed by atoms with E-state index in [-0.39, 0.29) is 11.8 Å². The van der Waals surface area contributed by atoms with Gasteiger partial charge in [0.15, 0.2) is 0 Å². The summed E-state index contributed by atoms with van der Waals surface area (Å²) < 4.78 is 24.6. The van der Waals surface area contributed by atoms with E-state index in [1.807, 2.05) is 22.9 Å². The summed E-state index contributed by atoms with van der Waals surface area (Å²) in [5, 5.41) is 5.20. The number of nitrogens with zero attached hydrogens (tertiary/aromatic N) is 4. The monoisotopic (exact) mass is 309 g/mol. The molecule has 1 atom stereocenters. The van der Waals surface area contributed by atoms with Crippen molar-refractivity contribution in [3.63, 3.8) is 0 Å². The lowest BCUT2D eigenvalue weighted by molar-refractivity contribution is 0.153. The van der Waals surface area contributed by atoms with Crippen LogP contribution in [0.15, 0.2) is 24.7 Å². The molecule has 1 aliphatic rings. The van der Waals surface area contributed by atoms with Gasteiger partial charge in [-0.05, 0) is 25.5 Å². The topological polar surface area (TPSA) is 93.6 Å². The second-order valence-electron chi connectivity index (χ2n) is 5.51. The maximum absolute atomic E-state index is 11.4. The Labute approximate surface area is 123 Å². The molecule has 21 heavy (non-hydrogen) atoms. The van der Waals surface area contributed by atoms with Crippen molar-refractivity contribution in [2.24, 2.45) is 5.14 Å². The van der Waals surface area contributed by atoms with Gasteiger partial charge in [0.05, 0.1) is 11.4 Å². The first-order valence-electron chi connectivity index (χ1n) is 7.04. The van der Waals surface area contributed by atoms with Crippen LogP contribution >= 0.6 is 0 Å². The third-order valence-electron chi connectivity index (χ3n) is 3.82. The number of hydrogen-bond acceptors (Lipinski definition) is 5. The Hall–Kier alpha value is -1.51. The van der Waals surface area contributed by atoms with E-state index < -0.39 is 10.0 Å². The Morgan fingerprint density at radius 2 is 2.24 bits per heavy atom. The van der Waals surface area contributed by atoms with Crippen LogP contribution in [-0.2, 0) is 16.6 Å². The quantitative estimate of drug-likeness (QED) is 0.881. The molecule has 0 spiro atoms. The van der Waals surface area contributed by atoms with Crippen molar-refractivity contribution in [2.45, 2.75) is 31.8 Å². The normalized spacial score (nSPS) is 20.9. The van der Waals surface area contributed by atoms with Gasteiger partial charge in [0.25, 0.3) is 0 Å². The van der Waals surface area contributed by atoms with Crippen molar-refractivity contribution in [3.05, 3.63) is 30.4 Å². The Morgan fingerprint density at radius 1 is 1.38 bits per heavy atom. The molecule has 1 saturated heterocycles. The Morgan fingerprint density at radius 3 is 3.00 bits per heavy atom. The molecule has 1 unspecified atom stereocenters. The summed E-state index contributed by atoms with van der Waals surface area (Å²) in [5.74, 6) is 0.672. The molecule has 0 aromatic carbocycles. The van der Waals surface area contributed by atoms with Crippen molar-refractivity contribution >= 4 is 15.8 Å². The van der Waals surface area contributed by atoms with E-state index in [2.05, 4.69) is 14.9 Å². The zero-order valence-electron chi connectivity index (χ0n) is 11.7. The van der Waals surface area contributed by atoms with Crippen LogP contribution in [0.2, 0.25) is 0 Å². The van der Waals surface area contributed by atoms with Gasteiger partial charge in [-0.3, -0.25) is 9.30 Å². The second kappa shape index (κ2) is 5.70. The first-order valence-corrected chi connectivity index (χ1v) is 8.76. The fourth-order valence-electron chi connectivity index (χ4n) is 2.89. The molecule has 0 amide bonds. The smallest absolute Gasteiger partial charge is 0.233 e. The highest BCUT2D eigenvalue weighted by atomic mass is 32.2. The number of nitrogens with two attached hydrogens (primary N) is 1. The molecule has 2 aromatic heterocycles. The van der Waals surface area contributed by atoms with Crippen LogP contribution in [0.1, 0.15) is 25.0 Å². The van der Waals surface area contributed by atoms with Gasteiger partial charge in [-0.15, -0.1) is 0 Å². The summed E-state index contributed by atoms with van der Waals surface area (Å²) in [4.78, 5) is 10.8. The Balaban J connectivity index is 1.77. The number of piperidine rings is 1. The van der Waals surface area contributed by atoms with Gasteiger partial charge < -0.3 is 0 Å². The molecular weight excluding hydrogens is 290 g/mol. The van der Waals surface area contributed by atoms with E-state index in [0.717, 1.165) is 31.5 Å². The van der Waals surface area contributed by atoms with E-state index in [4.69, 9.17) is 5.14 Å². The van der Waals surface area contributed by atoms with Gasteiger partial charge in [0.2, 0.25) is 15.8 Å². The van der Waals surface area contributed by atoms with Crippen LogP contribution in [0.3, 0.4) is 0 Å². The first kappa shape index (κ1) is 14.4. The summed E-state index contributed by atoms with van der Waals surface area (Å²) >= 11 is 0. The van der Waals surface area contributed by atoms with Crippen molar-refractivity contribution in [1.29, 1.82) is 0 Å². The molecule has 0 saturated carbocycles. The summed E-state index contributed by atoms with van der Waals surface area (Å²) in [6.07, 6.45) is 8.52.